The van der Waals surface area contributed by atoms with Gasteiger partial charge >= 0.3 is 5.97 Å². The number of unbranched alkanes of at least 4 members (excludes halogenated alkanes) is 39. The minimum Gasteiger partial charge on any atom is -0.462 e. The van der Waals surface area contributed by atoms with Crippen LogP contribution in [0.3, 0.4) is 0 Å². The summed E-state index contributed by atoms with van der Waals surface area (Å²) < 4.78 is 5.96. The van der Waals surface area contributed by atoms with Gasteiger partial charge in [-0.25, -0.2) is 0 Å². The zero-order valence-corrected chi connectivity index (χ0v) is 43.4. The molecular formula is C58H113NO5. The highest BCUT2D eigenvalue weighted by molar-refractivity contribution is 5.77. The lowest BCUT2D eigenvalue weighted by molar-refractivity contribution is -0.151. The molecule has 0 aromatic rings. The van der Waals surface area contributed by atoms with Crippen molar-refractivity contribution in [2.24, 2.45) is 0 Å². The maximum Gasteiger partial charge on any atom is 0.306 e. The van der Waals surface area contributed by atoms with Gasteiger partial charge in [-0.05, 0) is 51.4 Å². The molecular weight excluding hydrogens is 791 g/mol. The van der Waals surface area contributed by atoms with Crippen LogP contribution < -0.4 is 5.32 Å². The second kappa shape index (κ2) is 52.6. The average molecular weight is 905 g/mol. The minimum atomic E-state index is -0.786. The maximum atomic E-state index is 13.3. The Morgan fingerprint density at radius 1 is 0.438 bits per heavy atom. The van der Waals surface area contributed by atoms with Gasteiger partial charge in [0, 0.05) is 6.42 Å². The highest BCUT2D eigenvalue weighted by atomic mass is 16.5. The molecule has 3 atom stereocenters. The van der Waals surface area contributed by atoms with Gasteiger partial charge in [0.25, 0.3) is 0 Å². The van der Waals surface area contributed by atoms with Gasteiger partial charge in [-0.1, -0.05) is 270 Å². The van der Waals surface area contributed by atoms with E-state index in [0.717, 1.165) is 57.8 Å². The van der Waals surface area contributed by atoms with Gasteiger partial charge in [0.15, 0.2) is 0 Å². The van der Waals surface area contributed by atoms with Crippen LogP contribution in [0, 0.1) is 0 Å². The van der Waals surface area contributed by atoms with Crippen LogP contribution in [-0.2, 0) is 14.3 Å². The molecule has 0 bridgehead atoms. The van der Waals surface area contributed by atoms with Crippen molar-refractivity contribution in [1.29, 1.82) is 0 Å². The van der Waals surface area contributed by atoms with E-state index in [1.165, 1.54) is 218 Å². The summed E-state index contributed by atoms with van der Waals surface area (Å²) in [5.41, 5.74) is 0. The van der Waals surface area contributed by atoms with Crippen molar-refractivity contribution in [3.63, 3.8) is 0 Å². The number of hydrogen-bond acceptors (Lipinski definition) is 5. The average Bonchev–Trinajstić information content (AvgIpc) is 3.29. The zero-order valence-electron chi connectivity index (χ0n) is 43.4. The van der Waals surface area contributed by atoms with Crippen LogP contribution in [0.15, 0.2) is 12.2 Å². The lowest BCUT2D eigenvalue weighted by Crippen LogP contribution is -2.46. The predicted molar refractivity (Wildman–Crippen MR) is 278 cm³/mol. The van der Waals surface area contributed by atoms with Crippen molar-refractivity contribution in [3.8, 4) is 0 Å². The first-order valence-electron chi connectivity index (χ1n) is 28.9. The van der Waals surface area contributed by atoms with Crippen molar-refractivity contribution in [2.45, 2.75) is 341 Å². The Bertz CT molecular complexity index is 970. The number of rotatable bonds is 53. The number of carbonyl (C=O) groups excluding carboxylic acids is 2. The van der Waals surface area contributed by atoms with E-state index >= 15 is 0 Å². The van der Waals surface area contributed by atoms with Crippen LogP contribution >= 0.6 is 0 Å². The lowest BCUT2D eigenvalue weighted by Gasteiger charge is -2.24. The van der Waals surface area contributed by atoms with Gasteiger partial charge in [-0.2, -0.15) is 0 Å². The molecule has 0 saturated carbocycles. The van der Waals surface area contributed by atoms with E-state index in [4.69, 9.17) is 4.74 Å². The molecule has 0 aromatic carbocycles. The Hall–Kier alpha value is -1.40. The molecule has 1 amide bonds. The van der Waals surface area contributed by atoms with Gasteiger partial charge in [0.05, 0.1) is 25.2 Å². The second-order valence-electron chi connectivity index (χ2n) is 20.1. The van der Waals surface area contributed by atoms with E-state index in [1.54, 1.807) is 0 Å². The van der Waals surface area contributed by atoms with Crippen molar-refractivity contribution in [3.05, 3.63) is 12.2 Å². The van der Waals surface area contributed by atoms with Gasteiger partial charge < -0.3 is 20.3 Å². The number of esters is 1. The van der Waals surface area contributed by atoms with Crippen LogP contribution in [0.2, 0.25) is 0 Å². The summed E-state index contributed by atoms with van der Waals surface area (Å²) in [6.07, 6.45) is 59.9. The molecule has 0 saturated heterocycles. The summed E-state index contributed by atoms with van der Waals surface area (Å²) in [5, 5.41) is 23.9. The Kier molecular flexibility index (Phi) is 51.4. The third-order valence-electron chi connectivity index (χ3n) is 13.6. The van der Waals surface area contributed by atoms with Crippen molar-refractivity contribution in [1.82, 2.24) is 5.32 Å². The molecule has 0 rings (SSSR count). The summed E-state index contributed by atoms with van der Waals surface area (Å²) in [5.74, 6) is -0.466. The van der Waals surface area contributed by atoms with E-state index in [1.807, 2.05) is 0 Å². The third kappa shape index (κ3) is 47.1. The fourth-order valence-electron chi connectivity index (χ4n) is 9.19. The standard InChI is InChI=1S/C58H113NO5/c1-4-7-10-13-16-19-22-25-27-29-32-34-37-40-43-46-49-54(64-58(63)51-48-45-42-39-36-33-30-28-26-23-20-17-14-11-8-5-2)52-57(62)59-55(53-60)56(61)50-47-44-41-38-35-31-24-21-18-15-12-9-6-3/h32,34,54-56,60-61H,4-31,33,35-53H2,1-3H3,(H,59,62)/b34-32+. The number of carbonyl (C=O) groups is 2. The predicted octanol–water partition coefficient (Wildman–Crippen LogP) is 17.7. The fraction of sp³-hybridized carbons (Fsp3) is 0.931. The Morgan fingerprint density at radius 2 is 0.750 bits per heavy atom. The summed E-state index contributed by atoms with van der Waals surface area (Å²) >= 11 is 0. The van der Waals surface area contributed by atoms with E-state index in [-0.39, 0.29) is 24.9 Å². The molecule has 6 heteroatoms. The minimum absolute atomic E-state index is 0.0747. The second-order valence-corrected chi connectivity index (χ2v) is 20.1. The first-order valence-corrected chi connectivity index (χ1v) is 28.9. The molecule has 0 fully saturated rings. The fourth-order valence-corrected chi connectivity index (χ4v) is 9.19. The number of amides is 1. The molecule has 0 heterocycles. The summed E-state index contributed by atoms with van der Waals surface area (Å²) in [7, 11) is 0. The highest BCUT2D eigenvalue weighted by Gasteiger charge is 2.24. The van der Waals surface area contributed by atoms with Gasteiger partial charge in [-0.15, -0.1) is 0 Å². The highest BCUT2D eigenvalue weighted by Crippen LogP contribution is 2.19. The first-order chi connectivity index (χ1) is 31.5. The number of hydrogen-bond donors (Lipinski definition) is 3. The summed E-state index contributed by atoms with van der Waals surface area (Å²) in [6.45, 7) is 6.52. The lowest BCUT2D eigenvalue weighted by atomic mass is 10.0. The van der Waals surface area contributed by atoms with Crippen LogP contribution in [0.25, 0.3) is 0 Å². The van der Waals surface area contributed by atoms with Crippen LogP contribution in [-0.4, -0.2) is 46.9 Å². The smallest absolute Gasteiger partial charge is 0.306 e. The molecule has 3 N–H and O–H groups in total. The molecule has 0 aromatic heterocycles. The summed E-state index contributed by atoms with van der Waals surface area (Å²) in [4.78, 5) is 26.3. The topological polar surface area (TPSA) is 95.9 Å². The largest absolute Gasteiger partial charge is 0.462 e. The maximum absolute atomic E-state index is 13.3. The van der Waals surface area contributed by atoms with E-state index in [0.29, 0.717) is 19.3 Å². The number of aliphatic hydroxyl groups is 2. The van der Waals surface area contributed by atoms with Crippen molar-refractivity contribution >= 4 is 11.9 Å². The number of ether oxygens (including phenoxy) is 1. The monoisotopic (exact) mass is 904 g/mol. The van der Waals surface area contributed by atoms with Gasteiger partial charge in [-0.3, -0.25) is 9.59 Å². The first kappa shape index (κ1) is 62.6. The normalized spacial score (nSPS) is 13.1. The molecule has 3 unspecified atom stereocenters. The SMILES string of the molecule is CCCCCCCCCCC/C=C/CCCCCC(CC(=O)NC(CO)C(O)CCCCCCCCCCCCCCC)OC(=O)CCCCCCCCCCCCCCCCCC. The number of nitrogens with one attached hydrogen (secondary N) is 1. The number of allylic oxidation sites excluding steroid dienone is 2. The van der Waals surface area contributed by atoms with E-state index < -0.39 is 18.2 Å². The van der Waals surface area contributed by atoms with E-state index in [2.05, 4.69) is 38.2 Å². The van der Waals surface area contributed by atoms with Crippen molar-refractivity contribution in [2.75, 3.05) is 6.61 Å². The molecule has 0 spiro atoms. The molecule has 0 aliphatic carbocycles. The Morgan fingerprint density at radius 3 is 1.12 bits per heavy atom. The van der Waals surface area contributed by atoms with Crippen molar-refractivity contribution < 1.29 is 24.5 Å². The van der Waals surface area contributed by atoms with Gasteiger partial charge in [0.1, 0.15) is 6.10 Å². The molecule has 0 aliphatic rings. The van der Waals surface area contributed by atoms with Gasteiger partial charge in [0.2, 0.25) is 5.91 Å². The molecule has 64 heavy (non-hydrogen) atoms. The van der Waals surface area contributed by atoms with Crippen LogP contribution in [0.4, 0.5) is 0 Å². The number of aliphatic hydroxyl groups excluding tert-OH is 2. The third-order valence-corrected chi connectivity index (χ3v) is 13.6. The van der Waals surface area contributed by atoms with Crippen LogP contribution in [0.5, 0.6) is 0 Å². The molecule has 6 nitrogen and oxygen atoms in total. The quantitative estimate of drug-likeness (QED) is 0.0321. The molecule has 0 aliphatic heterocycles. The Labute approximate surface area is 399 Å². The van der Waals surface area contributed by atoms with E-state index in [9.17, 15) is 19.8 Å². The Balaban J connectivity index is 4.54. The zero-order chi connectivity index (χ0) is 46.7. The summed E-state index contributed by atoms with van der Waals surface area (Å²) in [6, 6.07) is -0.700. The van der Waals surface area contributed by atoms with Crippen LogP contribution in [0.1, 0.15) is 323 Å². The molecule has 0 radical (unpaired) electrons. The molecule has 380 valence electrons.